The van der Waals surface area contributed by atoms with Crippen molar-refractivity contribution in [2.75, 3.05) is 39.3 Å². The number of piperazine rings is 1. The van der Waals surface area contributed by atoms with Gasteiger partial charge in [-0.2, -0.15) is 0 Å². The van der Waals surface area contributed by atoms with Crippen LogP contribution in [0, 0.1) is 11.6 Å². The second kappa shape index (κ2) is 6.07. The number of halogens is 2. The van der Waals surface area contributed by atoms with E-state index in [2.05, 4.69) is 10.2 Å². The summed E-state index contributed by atoms with van der Waals surface area (Å²) >= 11 is 0. The lowest BCUT2D eigenvalue weighted by Crippen LogP contribution is -2.49. The molecule has 1 atom stereocenters. The van der Waals surface area contributed by atoms with Crippen molar-refractivity contribution in [1.82, 2.24) is 15.1 Å². The minimum atomic E-state index is -0.660. The van der Waals surface area contributed by atoms with Gasteiger partial charge in [-0.05, 0) is 24.6 Å². The summed E-state index contributed by atoms with van der Waals surface area (Å²) in [5.41, 5.74) is -0.170. The van der Waals surface area contributed by atoms with E-state index >= 15 is 0 Å². The van der Waals surface area contributed by atoms with Crippen LogP contribution in [0.4, 0.5) is 8.78 Å². The molecular formula is C15H19F2N3O. The molecule has 114 valence electrons. The van der Waals surface area contributed by atoms with Crippen LogP contribution in [0.3, 0.4) is 0 Å². The summed E-state index contributed by atoms with van der Waals surface area (Å²) in [6, 6.07) is 3.34. The van der Waals surface area contributed by atoms with E-state index in [0.29, 0.717) is 19.1 Å². The maximum atomic E-state index is 13.7. The van der Waals surface area contributed by atoms with E-state index in [1.54, 1.807) is 4.90 Å². The fourth-order valence-electron chi connectivity index (χ4n) is 3.10. The standard InChI is InChI=1S/C15H19F2N3O/c16-11-1-2-14(17)13(9-11)15(21)20-6-3-12(10-20)19-7-4-18-5-8-19/h1-2,9,12,18H,3-8,10H2. The van der Waals surface area contributed by atoms with Crippen LogP contribution in [0.5, 0.6) is 0 Å². The van der Waals surface area contributed by atoms with Crippen LogP contribution in [-0.4, -0.2) is 61.0 Å². The number of nitrogens with zero attached hydrogens (tertiary/aromatic N) is 2. The molecule has 1 unspecified atom stereocenters. The van der Waals surface area contributed by atoms with Gasteiger partial charge in [-0.1, -0.05) is 0 Å². The number of likely N-dealkylation sites (tertiary alicyclic amines) is 1. The molecule has 2 fully saturated rings. The molecule has 2 aliphatic heterocycles. The Bertz CT molecular complexity index is 532. The lowest BCUT2D eigenvalue weighted by atomic mass is 10.2. The van der Waals surface area contributed by atoms with Crippen molar-refractivity contribution in [2.45, 2.75) is 12.5 Å². The summed E-state index contributed by atoms with van der Waals surface area (Å²) in [4.78, 5) is 16.3. The minimum Gasteiger partial charge on any atom is -0.337 e. The van der Waals surface area contributed by atoms with Crippen molar-refractivity contribution in [1.29, 1.82) is 0 Å². The van der Waals surface area contributed by atoms with Gasteiger partial charge in [-0.15, -0.1) is 0 Å². The average Bonchev–Trinajstić information content (AvgIpc) is 3.00. The summed E-state index contributed by atoms with van der Waals surface area (Å²) in [5.74, 6) is -1.66. The SMILES string of the molecule is O=C(c1cc(F)ccc1F)N1CCC(N2CCNCC2)C1. The summed E-state index contributed by atoms with van der Waals surface area (Å²) in [6.07, 6.45) is 0.892. The fraction of sp³-hybridized carbons (Fsp3) is 0.533. The molecule has 6 heteroatoms. The predicted molar refractivity (Wildman–Crippen MR) is 75.1 cm³/mol. The zero-order chi connectivity index (χ0) is 14.8. The van der Waals surface area contributed by atoms with Crippen LogP contribution >= 0.6 is 0 Å². The Hall–Kier alpha value is -1.53. The summed E-state index contributed by atoms with van der Waals surface area (Å²) in [6.45, 7) is 5.06. The number of carbonyl (C=O) groups excluding carboxylic acids is 1. The zero-order valence-corrected chi connectivity index (χ0v) is 11.8. The van der Waals surface area contributed by atoms with Gasteiger partial charge in [0.15, 0.2) is 0 Å². The summed E-state index contributed by atoms with van der Waals surface area (Å²) < 4.78 is 26.9. The highest BCUT2D eigenvalue weighted by atomic mass is 19.1. The molecule has 1 aromatic rings. The molecule has 1 N–H and O–H groups in total. The third-order valence-corrected chi connectivity index (χ3v) is 4.28. The Morgan fingerprint density at radius 1 is 1.19 bits per heavy atom. The van der Waals surface area contributed by atoms with E-state index in [9.17, 15) is 13.6 Å². The molecule has 1 amide bonds. The second-order valence-electron chi connectivity index (χ2n) is 5.60. The lowest BCUT2D eigenvalue weighted by Gasteiger charge is -2.32. The number of carbonyl (C=O) groups is 1. The van der Waals surface area contributed by atoms with Gasteiger partial charge < -0.3 is 10.2 Å². The first-order chi connectivity index (χ1) is 10.1. The quantitative estimate of drug-likeness (QED) is 0.887. The first-order valence-corrected chi connectivity index (χ1v) is 7.34. The Morgan fingerprint density at radius 3 is 2.71 bits per heavy atom. The van der Waals surface area contributed by atoms with Crippen LogP contribution in [0.15, 0.2) is 18.2 Å². The van der Waals surface area contributed by atoms with Crippen LogP contribution in [-0.2, 0) is 0 Å². The summed E-state index contributed by atoms with van der Waals surface area (Å²) in [5, 5.41) is 3.30. The molecule has 2 aliphatic rings. The molecule has 21 heavy (non-hydrogen) atoms. The largest absolute Gasteiger partial charge is 0.337 e. The van der Waals surface area contributed by atoms with Crippen molar-refractivity contribution in [3.8, 4) is 0 Å². The van der Waals surface area contributed by atoms with Gasteiger partial charge in [-0.25, -0.2) is 8.78 Å². The van der Waals surface area contributed by atoms with Crippen molar-refractivity contribution in [3.05, 3.63) is 35.4 Å². The molecule has 0 bridgehead atoms. The van der Waals surface area contributed by atoms with E-state index in [1.165, 1.54) is 0 Å². The topological polar surface area (TPSA) is 35.6 Å². The highest BCUT2D eigenvalue weighted by molar-refractivity contribution is 5.94. The lowest BCUT2D eigenvalue weighted by molar-refractivity contribution is 0.0768. The number of amides is 1. The summed E-state index contributed by atoms with van der Waals surface area (Å²) in [7, 11) is 0. The number of rotatable bonds is 2. The fourth-order valence-corrected chi connectivity index (χ4v) is 3.10. The van der Waals surface area contributed by atoms with E-state index < -0.39 is 17.5 Å². The first kappa shape index (κ1) is 14.4. The number of hydrogen-bond acceptors (Lipinski definition) is 3. The second-order valence-corrected chi connectivity index (χ2v) is 5.60. The van der Waals surface area contributed by atoms with Gasteiger partial charge in [0.2, 0.25) is 0 Å². The van der Waals surface area contributed by atoms with E-state index in [1.807, 2.05) is 0 Å². The number of hydrogen-bond donors (Lipinski definition) is 1. The monoisotopic (exact) mass is 295 g/mol. The maximum absolute atomic E-state index is 13.7. The normalized spacial score (nSPS) is 23.5. The molecule has 2 saturated heterocycles. The number of nitrogens with one attached hydrogen (secondary N) is 1. The maximum Gasteiger partial charge on any atom is 0.256 e. The van der Waals surface area contributed by atoms with Gasteiger partial charge in [0, 0.05) is 45.3 Å². The van der Waals surface area contributed by atoms with E-state index in [4.69, 9.17) is 0 Å². The van der Waals surface area contributed by atoms with Crippen molar-refractivity contribution < 1.29 is 13.6 Å². The molecule has 4 nitrogen and oxygen atoms in total. The Labute approximate surface area is 122 Å². The smallest absolute Gasteiger partial charge is 0.256 e. The third kappa shape index (κ3) is 3.06. The molecule has 0 aliphatic carbocycles. The molecule has 0 spiro atoms. The molecule has 1 aromatic carbocycles. The van der Waals surface area contributed by atoms with Gasteiger partial charge in [0.1, 0.15) is 11.6 Å². The molecular weight excluding hydrogens is 276 g/mol. The van der Waals surface area contributed by atoms with E-state index in [0.717, 1.165) is 50.8 Å². The van der Waals surface area contributed by atoms with Crippen molar-refractivity contribution >= 4 is 5.91 Å². The van der Waals surface area contributed by atoms with E-state index in [-0.39, 0.29) is 5.56 Å². The van der Waals surface area contributed by atoms with Crippen LogP contribution in [0.2, 0.25) is 0 Å². The molecule has 0 saturated carbocycles. The third-order valence-electron chi connectivity index (χ3n) is 4.28. The van der Waals surface area contributed by atoms with Crippen LogP contribution in [0.1, 0.15) is 16.8 Å². The van der Waals surface area contributed by atoms with Crippen LogP contribution in [0.25, 0.3) is 0 Å². The Morgan fingerprint density at radius 2 is 1.95 bits per heavy atom. The highest BCUT2D eigenvalue weighted by Gasteiger charge is 2.32. The van der Waals surface area contributed by atoms with Crippen molar-refractivity contribution in [2.24, 2.45) is 0 Å². The number of benzene rings is 1. The van der Waals surface area contributed by atoms with Gasteiger partial charge >= 0.3 is 0 Å². The Kier molecular flexibility index (Phi) is 4.17. The minimum absolute atomic E-state index is 0.170. The molecule has 0 radical (unpaired) electrons. The molecule has 3 rings (SSSR count). The molecule has 2 heterocycles. The zero-order valence-electron chi connectivity index (χ0n) is 11.8. The molecule has 0 aromatic heterocycles. The predicted octanol–water partition coefficient (Wildman–Crippen LogP) is 1.08. The van der Waals surface area contributed by atoms with Gasteiger partial charge in [-0.3, -0.25) is 9.69 Å². The van der Waals surface area contributed by atoms with Gasteiger partial charge in [0.05, 0.1) is 5.56 Å². The van der Waals surface area contributed by atoms with Crippen molar-refractivity contribution in [3.63, 3.8) is 0 Å². The highest BCUT2D eigenvalue weighted by Crippen LogP contribution is 2.20. The van der Waals surface area contributed by atoms with Gasteiger partial charge in [0.25, 0.3) is 5.91 Å². The Balaban J connectivity index is 1.67. The first-order valence-electron chi connectivity index (χ1n) is 7.34. The van der Waals surface area contributed by atoms with Crippen LogP contribution < -0.4 is 5.32 Å². The average molecular weight is 295 g/mol.